The van der Waals surface area contributed by atoms with Gasteiger partial charge in [-0.1, -0.05) is 60.7 Å². The van der Waals surface area contributed by atoms with E-state index < -0.39 is 18.5 Å². The molecule has 0 bridgehead atoms. The molecule has 3 aromatic rings. The minimum absolute atomic E-state index is 0.202. The van der Waals surface area contributed by atoms with Gasteiger partial charge in [-0.05, 0) is 0 Å². The Labute approximate surface area is 166 Å². The second kappa shape index (κ2) is 9.44. The number of nitrogens with zero attached hydrogens (tertiary/aromatic N) is 2. The maximum absolute atomic E-state index is 12.6. The molecule has 0 radical (unpaired) electrons. The number of carbonyl (C=O) groups excluding carboxylic acids is 2. The topological polar surface area (TPSA) is 92.1 Å². The van der Waals surface area contributed by atoms with Gasteiger partial charge in [-0.25, -0.2) is 9.78 Å². The van der Waals surface area contributed by atoms with Gasteiger partial charge in [-0.3, -0.25) is 4.79 Å². The Morgan fingerprint density at radius 3 is 2.32 bits per heavy atom. The van der Waals surface area contributed by atoms with E-state index in [1.807, 2.05) is 66.7 Å². The zero-order valence-corrected chi connectivity index (χ0v) is 15.7. The van der Waals surface area contributed by atoms with Gasteiger partial charge in [0.2, 0.25) is 0 Å². The molecule has 1 amide bonds. The smallest absolute Gasteiger partial charge is 0.351 e. The molecule has 3 rings (SSSR count). The number of esters is 1. The standard InChI is InChI=1S/C21H17N3O3S/c22-12-7-13-23-17(25)14-27-21(26)19-18(15-8-3-1-4-9-15)24-20(28-19)16-10-5-2-6-11-16/h1-6,8-11H,7,13-14H2,(H,23,25). The van der Waals surface area contributed by atoms with Crippen molar-refractivity contribution in [2.24, 2.45) is 0 Å². The number of ether oxygens (including phenoxy) is 1. The first-order chi connectivity index (χ1) is 13.7. The Kier molecular flexibility index (Phi) is 6.50. The van der Waals surface area contributed by atoms with Crippen LogP contribution in [-0.4, -0.2) is 30.0 Å². The molecule has 0 aliphatic heterocycles. The fraction of sp³-hybridized carbons (Fsp3) is 0.143. The lowest BCUT2D eigenvalue weighted by molar-refractivity contribution is -0.124. The van der Waals surface area contributed by atoms with Gasteiger partial charge in [0.05, 0.1) is 18.2 Å². The van der Waals surface area contributed by atoms with E-state index in [9.17, 15) is 9.59 Å². The second-order valence-corrected chi connectivity index (χ2v) is 6.76. The van der Waals surface area contributed by atoms with Crippen molar-refractivity contribution in [2.75, 3.05) is 13.2 Å². The van der Waals surface area contributed by atoms with Crippen LogP contribution in [0.2, 0.25) is 0 Å². The maximum Gasteiger partial charge on any atom is 0.351 e. The summed E-state index contributed by atoms with van der Waals surface area (Å²) in [5, 5.41) is 11.7. The average molecular weight is 391 g/mol. The van der Waals surface area contributed by atoms with E-state index in [0.29, 0.717) is 15.6 Å². The Morgan fingerprint density at radius 2 is 1.68 bits per heavy atom. The minimum Gasteiger partial charge on any atom is -0.451 e. The highest BCUT2D eigenvalue weighted by atomic mass is 32.1. The monoisotopic (exact) mass is 391 g/mol. The van der Waals surface area contributed by atoms with Crippen molar-refractivity contribution in [3.05, 3.63) is 65.5 Å². The first-order valence-electron chi connectivity index (χ1n) is 8.61. The predicted molar refractivity (Wildman–Crippen MR) is 107 cm³/mol. The van der Waals surface area contributed by atoms with E-state index in [4.69, 9.17) is 10.00 Å². The first kappa shape index (κ1) is 19.3. The van der Waals surface area contributed by atoms with E-state index >= 15 is 0 Å². The molecule has 0 aliphatic rings. The molecule has 0 atom stereocenters. The number of carbonyl (C=O) groups is 2. The molecule has 0 saturated heterocycles. The predicted octanol–water partition coefficient (Wildman–Crippen LogP) is 3.66. The lowest BCUT2D eigenvalue weighted by atomic mass is 10.1. The Bertz CT molecular complexity index is 995. The number of benzene rings is 2. The number of nitrogens with one attached hydrogen (secondary N) is 1. The van der Waals surface area contributed by atoms with Gasteiger partial charge in [-0.15, -0.1) is 11.3 Å². The van der Waals surface area contributed by atoms with Crippen molar-refractivity contribution in [2.45, 2.75) is 6.42 Å². The van der Waals surface area contributed by atoms with Crippen LogP contribution in [0.4, 0.5) is 0 Å². The summed E-state index contributed by atoms with van der Waals surface area (Å²) in [6.45, 7) is -0.183. The highest BCUT2D eigenvalue weighted by Gasteiger charge is 2.22. The molecule has 1 aromatic heterocycles. The average Bonchev–Trinajstić information content (AvgIpc) is 3.19. The lowest BCUT2D eigenvalue weighted by Gasteiger charge is -2.05. The molecular formula is C21H17N3O3S. The summed E-state index contributed by atoms with van der Waals surface area (Å²) in [6, 6.07) is 20.9. The number of rotatable bonds is 7. The minimum atomic E-state index is -0.603. The molecule has 0 fully saturated rings. The second-order valence-electron chi connectivity index (χ2n) is 5.76. The lowest BCUT2D eigenvalue weighted by Crippen LogP contribution is -2.29. The highest BCUT2D eigenvalue weighted by Crippen LogP contribution is 2.34. The molecule has 28 heavy (non-hydrogen) atoms. The van der Waals surface area contributed by atoms with Crippen LogP contribution >= 0.6 is 11.3 Å². The summed E-state index contributed by atoms with van der Waals surface area (Å²) in [7, 11) is 0. The number of thiazole rings is 1. The van der Waals surface area contributed by atoms with Crippen molar-refractivity contribution in [3.63, 3.8) is 0 Å². The summed E-state index contributed by atoms with van der Waals surface area (Å²) in [5.41, 5.74) is 2.23. The van der Waals surface area contributed by atoms with Crippen molar-refractivity contribution in [1.82, 2.24) is 10.3 Å². The molecule has 1 heterocycles. The van der Waals surface area contributed by atoms with Crippen molar-refractivity contribution in [1.29, 1.82) is 5.26 Å². The summed E-state index contributed by atoms with van der Waals surface area (Å²) in [6.07, 6.45) is 0.202. The van der Waals surface area contributed by atoms with Crippen LogP contribution in [0.25, 0.3) is 21.8 Å². The third-order valence-electron chi connectivity index (χ3n) is 3.77. The van der Waals surface area contributed by atoms with Crippen molar-refractivity contribution in [3.8, 4) is 27.9 Å². The summed E-state index contributed by atoms with van der Waals surface area (Å²) < 4.78 is 5.17. The van der Waals surface area contributed by atoms with E-state index in [1.54, 1.807) is 0 Å². The zero-order chi connectivity index (χ0) is 19.8. The van der Waals surface area contributed by atoms with Crippen LogP contribution in [0, 0.1) is 11.3 Å². The zero-order valence-electron chi connectivity index (χ0n) is 14.9. The van der Waals surface area contributed by atoms with Crippen LogP contribution in [0.15, 0.2) is 60.7 Å². The van der Waals surface area contributed by atoms with Crippen LogP contribution in [0.1, 0.15) is 16.1 Å². The Balaban J connectivity index is 1.82. The van der Waals surface area contributed by atoms with Gasteiger partial charge in [0.15, 0.2) is 6.61 Å². The van der Waals surface area contributed by atoms with Gasteiger partial charge >= 0.3 is 5.97 Å². The van der Waals surface area contributed by atoms with Crippen LogP contribution in [0.5, 0.6) is 0 Å². The van der Waals surface area contributed by atoms with Crippen molar-refractivity contribution >= 4 is 23.2 Å². The third kappa shape index (κ3) is 4.81. The summed E-state index contributed by atoms with van der Waals surface area (Å²) >= 11 is 1.23. The fourth-order valence-corrected chi connectivity index (χ4v) is 3.45. The quantitative estimate of drug-likeness (QED) is 0.490. The molecular weight excluding hydrogens is 374 g/mol. The van der Waals surface area contributed by atoms with Gasteiger partial charge in [-0.2, -0.15) is 5.26 Å². The van der Waals surface area contributed by atoms with Crippen LogP contribution in [-0.2, 0) is 9.53 Å². The van der Waals surface area contributed by atoms with E-state index in [1.165, 1.54) is 11.3 Å². The van der Waals surface area contributed by atoms with E-state index in [0.717, 1.165) is 11.1 Å². The number of nitriles is 1. The molecule has 140 valence electrons. The number of hydrogen-bond acceptors (Lipinski definition) is 6. The summed E-state index contributed by atoms with van der Waals surface area (Å²) in [5.74, 6) is -1.05. The SMILES string of the molecule is N#CCCNC(=O)COC(=O)c1sc(-c2ccccc2)nc1-c1ccccc1. The van der Waals surface area contributed by atoms with Crippen molar-refractivity contribution < 1.29 is 14.3 Å². The third-order valence-corrected chi connectivity index (χ3v) is 4.86. The normalized spacial score (nSPS) is 10.1. The molecule has 7 heteroatoms. The highest BCUT2D eigenvalue weighted by molar-refractivity contribution is 7.17. The van der Waals surface area contributed by atoms with Crippen LogP contribution in [0.3, 0.4) is 0 Å². The number of hydrogen-bond donors (Lipinski definition) is 1. The van der Waals surface area contributed by atoms with Gasteiger partial charge in [0.1, 0.15) is 9.88 Å². The fourth-order valence-electron chi connectivity index (χ4n) is 2.46. The molecule has 6 nitrogen and oxygen atoms in total. The Hall–Kier alpha value is -3.50. The molecule has 0 spiro atoms. The molecule has 2 aromatic carbocycles. The maximum atomic E-state index is 12.6. The van der Waals surface area contributed by atoms with E-state index in [-0.39, 0.29) is 13.0 Å². The van der Waals surface area contributed by atoms with Crippen LogP contribution < -0.4 is 5.32 Å². The molecule has 1 N–H and O–H groups in total. The van der Waals surface area contributed by atoms with Gasteiger partial charge in [0.25, 0.3) is 5.91 Å². The van der Waals surface area contributed by atoms with Gasteiger partial charge < -0.3 is 10.1 Å². The van der Waals surface area contributed by atoms with E-state index in [2.05, 4.69) is 10.3 Å². The number of aromatic nitrogens is 1. The summed E-state index contributed by atoms with van der Waals surface area (Å²) in [4.78, 5) is 29.3. The largest absolute Gasteiger partial charge is 0.451 e. The molecule has 0 unspecified atom stereocenters. The molecule has 0 saturated carbocycles. The Morgan fingerprint density at radius 1 is 1.04 bits per heavy atom. The number of amides is 1. The first-order valence-corrected chi connectivity index (χ1v) is 9.43. The molecule has 0 aliphatic carbocycles. The van der Waals surface area contributed by atoms with Gasteiger partial charge in [0, 0.05) is 17.7 Å².